The number of carbonyl (C=O) groups excluding carboxylic acids is 2. The maximum absolute atomic E-state index is 12.3. The van der Waals surface area contributed by atoms with Gasteiger partial charge in [0.05, 0.1) is 5.92 Å². The Kier molecular flexibility index (Phi) is 5.21. The molecular formula is C18H23ClN2O2. The van der Waals surface area contributed by atoms with E-state index in [1.807, 2.05) is 29.2 Å². The average Bonchev–Trinajstić information content (AvgIpc) is 3.16. The highest BCUT2D eigenvalue weighted by Crippen LogP contribution is 2.29. The largest absolute Gasteiger partial charge is 0.355 e. The quantitative estimate of drug-likeness (QED) is 0.900. The topological polar surface area (TPSA) is 49.4 Å². The summed E-state index contributed by atoms with van der Waals surface area (Å²) in [6, 6.07) is 8.03. The molecule has 1 heterocycles. The van der Waals surface area contributed by atoms with Crippen molar-refractivity contribution in [3.05, 3.63) is 34.9 Å². The summed E-state index contributed by atoms with van der Waals surface area (Å²) < 4.78 is 0. The Morgan fingerprint density at radius 2 is 2.09 bits per heavy atom. The third-order valence-corrected chi connectivity index (χ3v) is 5.13. The molecule has 4 nitrogen and oxygen atoms in total. The lowest BCUT2D eigenvalue weighted by atomic mass is 10.1. The van der Waals surface area contributed by atoms with E-state index in [0.717, 1.165) is 24.8 Å². The Morgan fingerprint density at radius 3 is 2.83 bits per heavy atom. The summed E-state index contributed by atoms with van der Waals surface area (Å²) in [4.78, 5) is 26.4. The Bertz CT molecular complexity index is 584. The van der Waals surface area contributed by atoms with Crippen LogP contribution in [0.1, 0.15) is 37.7 Å². The van der Waals surface area contributed by atoms with Crippen LogP contribution in [0.2, 0.25) is 5.02 Å². The van der Waals surface area contributed by atoms with Crippen molar-refractivity contribution in [2.45, 2.75) is 44.6 Å². The van der Waals surface area contributed by atoms with E-state index < -0.39 is 0 Å². The van der Waals surface area contributed by atoms with Gasteiger partial charge in [-0.1, -0.05) is 36.6 Å². The van der Waals surface area contributed by atoms with E-state index in [4.69, 9.17) is 11.6 Å². The second kappa shape index (κ2) is 7.35. The molecule has 0 spiro atoms. The molecule has 1 saturated carbocycles. The molecule has 23 heavy (non-hydrogen) atoms. The fraction of sp³-hybridized carbons (Fsp3) is 0.556. The molecule has 0 aromatic heterocycles. The zero-order chi connectivity index (χ0) is 16.2. The van der Waals surface area contributed by atoms with E-state index in [9.17, 15) is 9.59 Å². The number of likely N-dealkylation sites (tertiary alicyclic amines) is 1. The van der Waals surface area contributed by atoms with Crippen LogP contribution in [0.25, 0.3) is 0 Å². The Hall–Kier alpha value is -1.55. The smallest absolute Gasteiger partial charge is 0.225 e. The Balaban J connectivity index is 1.46. The van der Waals surface area contributed by atoms with Crippen molar-refractivity contribution in [3.63, 3.8) is 0 Å². The summed E-state index contributed by atoms with van der Waals surface area (Å²) in [7, 11) is 0. The van der Waals surface area contributed by atoms with Crippen molar-refractivity contribution in [1.29, 1.82) is 0 Å². The maximum Gasteiger partial charge on any atom is 0.225 e. The molecule has 5 heteroatoms. The van der Waals surface area contributed by atoms with Crippen LogP contribution in [-0.2, 0) is 16.0 Å². The van der Waals surface area contributed by atoms with Crippen LogP contribution in [0, 0.1) is 5.92 Å². The molecule has 3 rings (SSSR count). The molecule has 1 N–H and O–H groups in total. The number of benzene rings is 1. The molecule has 1 aliphatic carbocycles. The minimum atomic E-state index is -0.192. The molecule has 1 aromatic carbocycles. The fourth-order valence-corrected chi connectivity index (χ4v) is 3.86. The van der Waals surface area contributed by atoms with Crippen LogP contribution in [-0.4, -0.2) is 35.8 Å². The van der Waals surface area contributed by atoms with Gasteiger partial charge in [-0.2, -0.15) is 0 Å². The molecule has 0 bridgehead atoms. The van der Waals surface area contributed by atoms with Crippen molar-refractivity contribution in [2.75, 3.05) is 13.1 Å². The lowest BCUT2D eigenvalue weighted by Crippen LogP contribution is -2.37. The fourth-order valence-electron chi connectivity index (χ4n) is 3.64. The molecule has 1 atom stereocenters. The Morgan fingerprint density at radius 1 is 1.30 bits per heavy atom. The molecule has 2 fully saturated rings. The van der Waals surface area contributed by atoms with Crippen LogP contribution in [0.4, 0.5) is 0 Å². The van der Waals surface area contributed by atoms with E-state index in [0.29, 0.717) is 30.6 Å². The van der Waals surface area contributed by atoms with Crippen LogP contribution >= 0.6 is 11.6 Å². The summed E-state index contributed by atoms with van der Waals surface area (Å²) in [6.07, 6.45) is 5.69. The van der Waals surface area contributed by atoms with Gasteiger partial charge in [0.25, 0.3) is 0 Å². The van der Waals surface area contributed by atoms with Gasteiger partial charge in [-0.15, -0.1) is 0 Å². The minimum Gasteiger partial charge on any atom is -0.355 e. The summed E-state index contributed by atoms with van der Waals surface area (Å²) in [5, 5.41) is 3.67. The third kappa shape index (κ3) is 4.05. The lowest BCUT2D eigenvalue weighted by molar-refractivity contribution is -0.130. The highest BCUT2D eigenvalue weighted by atomic mass is 35.5. The number of halogens is 1. The Labute approximate surface area is 142 Å². The second-order valence-electron chi connectivity index (χ2n) is 6.56. The first-order chi connectivity index (χ1) is 11.1. The first kappa shape index (κ1) is 16.3. The number of hydrogen-bond acceptors (Lipinski definition) is 2. The maximum atomic E-state index is 12.3. The molecule has 124 valence electrons. The second-order valence-corrected chi connectivity index (χ2v) is 6.99. The summed E-state index contributed by atoms with van der Waals surface area (Å²) in [5.41, 5.74) is 1.10. The lowest BCUT2D eigenvalue weighted by Gasteiger charge is -2.23. The van der Waals surface area contributed by atoms with Crippen LogP contribution in [0.3, 0.4) is 0 Å². The molecular weight excluding hydrogens is 312 g/mol. The van der Waals surface area contributed by atoms with Crippen molar-refractivity contribution >= 4 is 23.4 Å². The van der Waals surface area contributed by atoms with E-state index in [1.54, 1.807) is 0 Å². The van der Waals surface area contributed by atoms with Gasteiger partial charge in [0.2, 0.25) is 11.8 Å². The van der Waals surface area contributed by atoms with E-state index in [-0.39, 0.29) is 17.7 Å². The highest BCUT2D eigenvalue weighted by Gasteiger charge is 2.38. The number of amides is 2. The van der Waals surface area contributed by atoms with Gasteiger partial charge in [-0.3, -0.25) is 9.59 Å². The summed E-state index contributed by atoms with van der Waals surface area (Å²) in [5.74, 6) is -0.0461. The SMILES string of the molecule is O=C(NCCc1cccc(Cl)c1)[C@H]1CC(=O)N(C2CCCC2)C1. The number of nitrogens with one attached hydrogen (secondary N) is 1. The minimum absolute atomic E-state index is 0.000810. The van der Waals surface area contributed by atoms with Gasteiger partial charge >= 0.3 is 0 Å². The standard InChI is InChI=1S/C18H23ClN2O2/c19-15-5-3-4-13(10-15)8-9-20-18(23)14-11-17(22)21(12-14)16-6-1-2-7-16/h3-5,10,14,16H,1-2,6-9,11-12H2,(H,20,23)/t14-/m0/s1. The van der Waals surface area contributed by atoms with E-state index in [1.165, 1.54) is 12.8 Å². The number of nitrogens with zero attached hydrogens (tertiary/aromatic N) is 1. The van der Waals surface area contributed by atoms with Gasteiger partial charge in [0, 0.05) is 30.6 Å². The van der Waals surface area contributed by atoms with Gasteiger partial charge in [-0.05, 0) is 37.0 Å². The van der Waals surface area contributed by atoms with Gasteiger partial charge in [-0.25, -0.2) is 0 Å². The molecule has 1 saturated heterocycles. The summed E-state index contributed by atoms with van der Waals surface area (Å²) in [6.45, 7) is 1.17. The van der Waals surface area contributed by atoms with Gasteiger partial charge < -0.3 is 10.2 Å². The average molecular weight is 335 g/mol. The molecule has 0 radical (unpaired) electrons. The number of carbonyl (C=O) groups is 2. The predicted molar refractivity (Wildman–Crippen MR) is 90.2 cm³/mol. The van der Waals surface area contributed by atoms with E-state index in [2.05, 4.69) is 5.32 Å². The zero-order valence-corrected chi connectivity index (χ0v) is 14.0. The first-order valence-electron chi connectivity index (χ1n) is 8.45. The zero-order valence-electron chi connectivity index (χ0n) is 13.3. The van der Waals surface area contributed by atoms with E-state index >= 15 is 0 Å². The van der Waals surface area contributed by atoms with Crippen LogP contribution in [0.15, 0.2) is 24.3 Å². The third-order valence-electron chi connectivity index (χ3n) is 4.90. The first-order valence-corrected chi connectivity index (χ1v) is 8.83. The normalized spacial score (nSPS) is 21.9. The highest BCUT2D eigenvalue weighted by molar-refractivity contribution is 6.30. The van der Waals surface area contributed by atoms with Gasteiger partial charge in [0.1, 0.15) is 0 Å². The molecule has 1 aliphatic heterocycles. The molecule has 1 aromatic rings. The molecule has 2 amide bonds. The van der Waals surface area contributed by atoms with Crippen molar-refractivity contribution in [1.82, 2.24) is 10.2 Å². The molecule has 2 aliphatic rings. The van der Waals surface area contributed by atoms with Crippen LogP contribution < -0.4 is 5.32 Å². The monoisotopic (exact) mass is 334 g/mol. The predicted octanol–water partition coefficient (Wildman–Crippen LogP) is 2.79. The number of rotatable bonds is 5. The van der Waals surface area contributed by atoms with Crippen molar-refractivity contribution in [3.8, 4) is 0 Å². The van der Waals surface area contributed by atoms with Crippen molar-refractivity contribution < 1.29 is 9.59 Å². The number of hydrogen-bond donors (Lipinski definition) is 1. The van der Waals surface area contributed by atoms with Crippen molar-refractivity contribution in [2.24, 2.45) is 5.92 Å². The molecule has 0 unspecified atom stereocenters. The van der Waals surface area contributed by atoms with Gasteiger partial charge in [0.15, 0.2) is 0 Å². The summed E-state index contributed by atoms with van der Waals surface area (Å²) >= 11 is 5.95. The van der Waals surface area contributed by atoms with Crippen LogP contribution in [0.5, 0.6) is 0 Å².